The number of nitrogens with one attached hydrogen (secondary N) is 1. The number of nitrogens with zero attached hydrogens (tertiary/aromatic N) is 1. The fourth-order valence-corrected chi connectivity index (χ4v) is 5.53. The number of benzene rings is 2. The van der Waals surface area contributed by atoms with Crippen molar-refractivity contribution in [3.8, 4) is 0 Å². The summed E-state index contributed by atoms with van der Waals surface area (Å²) in [5.41, 5.74) is 3.69. The number of rotatable bonds is 11. The Balaban J connectivity index is 1.65. The first-order chi connectivity index (χ1) is 16.1. The van der Waals surface area contributed by atoms with Gasteiger partial charge in [-0.25, -0.2) is 0 Å². The number of carbonyl (C=O) groups is 2. The molecule has 0 saturated heterocycles. The van der Waals surface area contributed by atoms with E-state index < -0.39 is 6.04 Å². The minimum absolute atomic E-state index is 0.00900. The highest BCUT2D eigenvalue weighted by Crippen LogP contribution is 2.20. The summed E-state index contributed by atoms with van der Waals surface area (Å²) >= 11 is 1.63. The van der Waals surface area contributed by atoms with Gasteiger partial charge in [-0.2, -0.15) is 0 Å². The van der Waals surface area contributed by atoms with Crippen LogP contribution in [0.4, 0.5) is 0 Å². The molecular formula is C28H38N2O2S. The summed E-state index contributed by atoms with van der Waals surface area (Å²) in [6.45, 7) is 4.67. The molecule has 1 aliphatic rings. The standard InChI is InChI=1S/C28H38N2O2S/c1-3-26(28(32)29-25-16-8-5-9-17-25)30(19-18-23-13-6-4-7-14-23)27(31)21-33-20-24-15-11-10-12-22(24)2/h4,6-7,10-15,25-26H,3,5,8-9,16-21H2,1-2H3,(H,29,32). The first kappa shape index (κ1) is 25.4. The van der Waals surface area contributed by atoms with Crippen molar-refractivity contribution in [1.82, 2.24) is 10.2 Å². The highest BCUT2D eigenvalue weighted by atomic mass is 32.2. The lowest BCUT2D eigenvalue weighted by Crippen LogP contribution is -2.52. The molecule has 3 rings (SSSR count). The molecule has 178 valence electrons. The summed E-state index contributed by atoms with van der Waals surface area (Å²) < 4.78 is 0. The molecule has 2 amide bonds. The summed E-state index contributed by atoms with van der Waals surface area (Å²) in [5, 5.41) is 3.25. The monoisotopic (exact) mass is 466 g/mol. The van der Waals surface area contributed by atoms with Crippen LogP contribution in [-0.2, 0) is 21.8 Å². The van der Waals surface area contributed by atoms with Crippen LogP contribution in [-0.4, -0.2) is 41.1 Å². The highest BCUT2D eigenvalue weighted by molar-refractivity contribution is 7.99. The van der Waals surface area contributed by atoms with Gasteiger partial charge in [-0.3, -0.25) is 9.59 Å². The maximum atomic E-state index is 13.4. The molecule has 1 N–H and O–H groups in total. The van der Waals surface area contributed by atoms with Gasteiger partial charge in [0, 0.05) is 18.3 Å². The van der Waals surface area contributed by atoms with Crippen LogP contribution in [0.2, 0.25) is 0 Å². The van der Waals surface area contributed by atoms with Gasteiger partial charge in [0.1, 0.15) is 6.04 Å². The summed E-state index contributed by atoms with van der Waals surface area (Å²) in [6.07, 6.45) is 7.08. The van der Waals surface area contributed by atoms with Crippen molar-refractivity contribution in [2.24, 2.45) is 0 Å². The zero-order valence-corrected chi connectivity index (χ0v) is 20.9. The molecule has 0 heterocycles. The number of amides is 2. The van der Waals surface area contributed by atoms with Gasteiger partial charge >= 0.3 is 0 Å². The van der Waals surface area contributed by atoms with E-state index in [0.717, 1.165) is 25.0 Å². The lowest BCUT2D eigenvalue weighted by atomic mass is 9.95. The van der Waals surface area contributed by atoms with E-state index in [1.54, 1.807) is 11.8 Å². The van der Waals surface area contributed by atoms with Gasteiger partial charge in [-0.15, -0.1) is 11.8 Å². The molecule has 1 atom stereocenters. The molecule has 1 fully saturated rings. The van der Waals surface area contributed by atoms with E-state index in [4.69, 9.17) is 0 Å². The van der Waals surface area contributed by atoms with Gasteiger partial charge in [0.2, 0.25) is 11.8 Å². The van der Waals surface area contributed by atoms with Crippen molar-refractivity contribution >= 4 is 23.6 Å². The summed E-state index contributed by atoms with van der Waals surface area (Å²) in [6, 6.07) is 18.3. The number of aryl methyl sites for hydroxylation is 1. The molecule has 0 aliphatic heterocycles. The first-order valence-electron chi connectivity index (χ1n) is 12.3. The molecule has 1 aliphatic carbocycles. The van der Waals surface area contributed by atoms with Gasteiger partial charge in [0.05, 0.1) is 5.75 Å². The van der Waals surface area contributed by atoms with Crippen molar-refractivity contribution in [1.29, 1.82) is 0 Å². The van der Waals surface area contributed by atoms with Crippen LogP contribution >= 0.6 is 11.8 Å². The second kappa shape index (κ2) is 13.4. The molecule has 2 aromatic carbocycles. The number of thioether (sulfide) groups is 1. The number of hydrogen-bond acceptors (Lipinski definition) is 3. The van der Waals surface area contributed by atoms with Gasteiger partial charge in [0.25, 0.3) is 0 Å². The third-order valence-corrected chi connectivity index (χ3v) is 7.53. The fraction of sp³-hybridized carbons (Fsp3) is 0.500. The van der Waals surface area contributed by atoms with Crippen LogP contribution in [0.5, 0.6) is 0 Å². The topological polar surface area (TPSA) is 49.4 Å². The summed E-state index contributed by atoms with van der Waals surface area (Å²) in [7, 11) is 0. The summed E-state index contributed by atoms with van der Waals surface area (Å²) in [5.74, 6) is 1.25. The van der Waals surface area contributed by atoms with E-state index in [1.165, 1.54) is 36.0 Å². The smallest absolute Gasteiger partial charge is 0.243 e. The Morgan fingerprint density at radius 1 is 1.03 bits per heavy atom. The van der Waals surface area contributed by atoms with Crippen molar-refractivity contribution in [2.45, 2.75) is 76.6 Å². The molecule has 33 heavy (non-hydrogen) atoms. The minimum Gasteiger partial charge on any atom is -0.352 e. The minimum atomic E-state index is -0.415. The first-order valence-corrected chi connectivity index (χ1v) is 13.5. The van der Waals surface area contributed by atoms with Crippen molar-refractivity contribution < 1.29 is 9.59 Å². The third kappa shape index (κ3) is 7.92. The van der Waals surface area contributed by atoms with Gasteiger partial charge in [-0.1, -0.05) is 80.8 Å². The second-order valence-electron chi connectivity index (χ2n) is 9.01. The summed E-state index contributed by atoms with van der Waals surface area (Å²) in [4.78, 5) is 28.4. The second-order valence-corrected chi connectivity index (χ2v) is 10.00. The van der Waals surface area contributed by atoms with Crippen LogP contribution in [0.1, 0.15) is 62.1 Å². The molecule has 0 spiro atoms. The average Bonchev–Trinajstić information content (AvgIpc) is 2.84. The SMILES string of the molecule is CCC(C(=O)NC1CCCCC1)N(CCc1ccccc1)C(=O)CSCc1ccccc1C. The number of carbonyl (C=O) groups excluding carboxylic acids is 2. The van der Waals surface area contributed by atoms with Crippen molar-refractivity contribution in [3.63, 3.8) is 0 Å². The Labute approximate surface area is 203 Å². The van der Waals surface area contributed by atoms with Crippen LogP contribution in [0, 0.1) is 6.92 Å². The quantitative estimate of drug-likeness (QED) is 0.474. The maximum absolute atomic E-state index is 13.4. The van der Waals surface area contributed by atoms with E-state index in [2.05, 4.69) is 36.5 Å². The molecule has 0 aromatic heterocycles. The van der Waals surface area contributed by atoms with Crippen LogP contribution < -0.4 is 5.32 Å². The van der Waals surface area contributed by atoms with E-state index in [-0.39, 0.29) is 17.9 Å². The van der Waals surface area contributed by atoms with Crippen molar-refractivity contribution in [2.75, 3.05) is 12.3 Å². The van der Waals surface area contributed by atoms with E-state index >= 15 is 0 Å². The Hall–Kier alpha value is -2.27. The Kier molecular flexibility index (Phi) is 10.3. The van der Waals surface area contributed by atoms with E-state index in [0.29, 0.717) is 18.7 Å². The normalized spacial score (nSPS) is 15.1. The van der Waals surface area contributed by atoms with Gasteiger partial charge in [-0.05, 0) is 49.3 Å². The van der Waals surface area contributed by atoms with E-state index in [9.17, 15) is 9.59 Å². The largest absolute Gasteiger partial charge is 0.352 e. The molecule has 1 unspecified atom stereocenters. The van der Waals surface area contributed by atoms with Crippen LogP contribution in [0.3, 0.4) is 0 Å². The fourth-order valence-electron chi connectivity index (χ4n) is 4.54. The Bertz CT molecular complexity index is 880. The van der Waals surface area contributed by atoms with Gasteiger partial charge in [0.15, 0.2) is 0 Å². The Morgan fingerprint density at radius 2 is 1.73 bits per heavy atom. The van der Waals surface area contributed by atoms with E-state index in [1.807, 2.05) is 42.2 Å². The lowest BCUT2D eigenvalue weighted by Gasteiger charge is -2.32. The molecule has 4 nitrogen and oxygen atoms in total. The Morgan fingerprint density at radius 3 is 2.42 bits per heavy atom. The third-order valence-electron chi connectivity index (χ3n) is 6.57. The molecule has 0 radical (unpaired) electrons. The van der Waals surface area contributed by atoms with Gasteiger partial charge < -0.3 is 10.2 Å². The number of hydrogen-bond donors (Lipinski definition) is 1. The molecular weight excluding hydrogens is 428 g/mol. The zero-order chi connectivity index (χ0) is 23.5. The zero-order valence-electron chi connectivity index (χ0n) is 20.1. The lowest BCUT2D eigenvalue weighted by molar-refractivity contribution is -0.139. The van der Waals surface area contributed by atoms with Crippen molar-refractivity contribution in [3.05, 3.63) is 71.3 Å². The molecule has 5 heteroatoms. The van der Waals surface area contributed by atoms with Crippen LogP contribution in [0.15, 0.2) is 54.6 Å². The molecule has 2 aromatic rings. The predicted molar refractivity (Wildman–Crippen MR) is 138 cm³/mol. The molecule has 1 saturated carbocycles. The maximum Gasteiger partial charge on any atom is 0.243 e. The van der Waals surface area contributed by atoms with Crippen LogP contribution in [0.25, 0.3) is 0 Å². The predicted octanol–water partition coefficient (Wildman–Crippen LogP) is 5.53. The average molecular weight is 467 g/mol. The highest BCUT2D eigenvalue weighted by Gasteiger charge is 2.29. The molecule has 0 bridgehead atoms.